The Kier molecular flexibility index (Phi) is 5.68. The van der Waals surface area contributed by atoms with Gasteiger partial charge < -0.3 is 15.0 Å². The number of ether oxygens (including phenoxy) is 1. The van der Waals surface area contributed by atoms with Crippen LogP contribution in [0.3, 0.4) is 0 Å². The highest BCUT2D eigenvalue weighted by atomic mass is 16.5. The number of aryl methyl sites for hydroxylation is 1. The van der Waals surface area contributed by atoms with Crippen LogP contribution >= 0.6 is 0 Å². The predicted octanol–water partition coefficient (Wildman–Crippen LogP) is 1.20. The molecular formula is C18H28N4O2. The van der Waals surface area contributed by atoms with Crippen molar-refractivity contribution < 1.29 is 9.53 Å². The molecule has 0 spiro atoms. The summed E-state index contributed by atoms with van der Waals surface area (Å²) in [6, 6.07) is 6.45. The highest BCUT2D eigenvalue weighted by Gasteiger charge is 2.26. The molecule has 0 aliphatic carbocycles. The lowest BCUT2D eigenvalue weighted by molar-refractivity contribution is -0.123. The van der Waals surface area contributed by atoms with Crippen LogP contribution in [0.1, 0.15) is 25.5 Å². The van der Waals surface area contributed by atoms with Crippen molar-refractivity contribution in [2.45, 2.75) is 38.8 Å². The van der Waals surface area contributed by atoms with Crippen LogP contribution in [-0.2, 0) is 9.53 Å². The number of amides is 1. The van der Waals surface area contributed by atoms with Crippen molar-refractivity contribution in [3.05, 3.63) is 23.9 Å². The average Bonchev–Trinajstić information content (AvgIpc) is 3.08. The summed E-state index contributed by atoms with van der Waals surface area (Å²) >= 11 is 0. The van der Waals surface area contributed by atoms with Crippen LogP contribution in [-0.4, -0.2) is 67.3 Å². The lowest BCUT2D eigenvalue weighted by Gasteiger charge is -2.40. The standard InChI is InChI=1S/C18H28N4O2/c1-14-5-3-7-17(20-14)22-9-8-21(15(2)12-22)13-18(23)19-11-16-6-4-10-24-16/h3,5,7,15-16H,4,6,8-13H2,1-2H3,(H,19,23)/t15-,16-/m0/s1. The van der Waals surface area contributed by atoms with Crippen LogP contribution in [0.5, 0.6) is 0 Å². The van der Waals surface area contributed by atoms with Crippen molar-refractivity contribution in [3.8, 4) is 0 Å². The van der Waals surface area contributed by atoms with Crippen molar-refractivity contribution in [2.24, 2.45) is 0 Å². The molecule has 2 saturated heterocycles. The van der Waals surface area contributed by atoms with Crippen molar-refractivity contribution in [1.29, 1.82) is 0 Å². The molecule has 1 aromatic rings. The number of anilines is 1. The zero-order chi connectivity index (χ0) is 16.9. The second-order valence-electron chi connectivity index (χ2n) is 6.84. The number of carbonyl (C=O) groups is 1. The SMILES string of the molecule is Cc1cccc(N2CCN(CC(=O)NC[C@@H]3CCCO3)[C@@H](C)C2)n1. The number of carbonyl (C=O) groups excluding carboxylic acids is 1. The quantitative estimate of drug-likeness (QED) is 0.878. The van der Waals surface area contributed by atoms with Gasteiger partial charge in [0.1, 0.15) is 5.82 Å². The van der Waals surface area contributed by atoms with Crippen LogP contribution in [0.25, 0.3) is 0 Å². The first kappa shape index (κ1) is 17.2. The molecule has 6 nitrogen and oxygen atoms in total. The number of hydrogen-bond acceptors (Lipinski definition) is 5. The third-order valence-electron chi connectivity index (χ3n) is 4.86. The Bertz CT molecular complexity index is 560. The fraction of sp³-hybridized carbons (Fsp3) is 0.667. The van der Waals surface area contributed by atoms with E-state index in [9.17, 15) is 4.79 Å². The Labute approximate surface area is 144 Å². The Morgan fingerprint density at radius 3 is 3.00 bits per heavy atom. The van der Waals surface area contributed by atoms with E-state index in [4.69, 9.17) is 4.74 Å². The van der Waals surface area contributed by atoms with Crippen molar-refractivity contribution in [2.75, 3.05) is 44.2 Å². The fourth-order valence-corrected chi connectivity index (χ4v) is 3.42. The largest absolute Gasteiger partial charge is 0.376 e. The van der Waals surface area contributed by atoms with E-state index in [1.807, 2.05) is 19.1 Å². The Morgan fingerprint density at radius 1 is 1.42 bits per heavy atom. The molecule has 0 aromatic carbocycles. The van der Waals surface area contributed by atoms with Gasteiger partial charge in [0.05, 0.1) is 12.6 Å². The fourth-order valence-electron chi connectivity index (χ4n) is 3.42. The first-order valence-electron chi connectivity index (χ1n) is 8.93. The third-order valence-corrected chi connectivity index (χ3v) is 4.86. The molecule has 3 heterocycles. The lowest BCUT2D eigenvalue weighted by atomic mass is 10.2. The van der Waals surface area contributed by atoms with E-state index < -0.39 is 0 Å². The van der Waals surface area contributed by atoms with E-state index in [0.717, 1.165) is 50.6 Å². The molecule has 132 valence electrons. The average molecular weight is 332 g/mol. The van der Waals surface area contributed by atoms with Crippen LogP contribution in [0.4, 0.5) is 5.82 Å². The van der Waals surface area contributed by atoms with Gasteiger partial charge in [-0.15, -0.1) is 0 Å². The zero-order valence-corrected chi connectivity index (χ0v) is 14.7. The number of piperazine rings is 1. The monoisotopic (exact) mass is 332 g/mol. The minimum absolute atomic E-state index is 0.0967. The summed E-state index contributed by atoms with van der Waals surface area (Å²) in [7, 11) is 0. The van der Waals surface area contributed by atoms with Gasteiger partial charge in [-0.3, -0.25) is 9.69 Å². The summed E-state index contributed by atoms with van der Waals surface area (Å²) < 4.78 is 5.55. The number of rotatable bonds is 5. The molecule has 3 rings (SSSR count). The number of nitrogens with zero attached hydrogens (tertiary/aromatic N) is 3. The van der Waals surface area contributed by atoms with E-state index in [1.165, 1.54) is 0 Å². The number of aromatic nitrogens is 1. The first-order chi connectivity index (χ1) is 11.6. The van der Waals surface area contributed by atoms with E-state index in [1.54, 1.807) is 0 Å². The van der Waals surface area contributed by atoms with Gasteiger partial charge >= 0.3 is 0 Å². The maximum Gasteiger partial charge on any atom is 0.234 e. The second kappa shape index (κ2) is 7.94. The highest BCUT2D eigenvalue weighted by Crippen LogP contribution is 2.17. The van der Waals surface area contributed by atoms with E-state index >= 15 is 0 Å². The van der Waals surface area contributed by atoms with E-state index in [0.29, 0.717) is 19.1 Å². The smallest absolute Gasteiger partial charge is 0.234 e. The molecule has 1 amide bonds. The van der Waals surface area contributed by atoms with Crippen LogP contribution in [0.15, 0.2) is 18.2 Å². The summed E-state index contributed by atoms with van der Waals surface area (Å²) in [4.78, 5) is 21.3. The summed E-state index contributed by atoms with van der Waals surface area (Å²) in [5.41, 5.74) is 1.04. The summed E-state index contributed by atoms with van der Waals surface area (Å²) in [6.07, 6.45) is 2.36. The minimum atomic E-state index is 0.0967. The molecule has 0 unspecified atom stereocenters. The zero-order valence-electron chi connectivity index (χ0n) is 14.7. The lowest BCUT2D eigenvalue weighted by Crippen LogP contribution is -2.54. The molecule has 1 aromatic heterocycles. The predicted molar refractivity (Wildman–Crippen MR) is 94.2 cm³/mol. The van der Waals surface area contributed by atoms with Crippen LogP contribution in [0.2, 0.25) is 0 Å². The Balaban J connectivity index is 1.46. The Hall–Kier alpha value is -1.66. The molecule has 0 radical (unpaired) electrons. The normalized spacial score (nSPS) is 25.0. The van der Waals surface area contributed by atoms with E-state index in [2.05, 4.69) is 33.1 Å². The van der Waals surface area contributed by atoms with Gasteiger partial charge in [-0.25, -0.2) is 4.98 Å². The summed E-state index contributed by atoms with van der Waals surface area (Å²) in [5.74, 6) is 1.13. The van der Waals surface area contributed by atoms with Gasteiger partial charge in [0.15, 0.2) is 0 Å². The third kappa shape index (κ3) is 4.45. The summed E-state index contributed by atoms with van der Waals surface area (Å²) in [5, 5.41) is 3.01. The Morgan fingerprint density at radius 2 is 2.29 bits per heavy atom. The maximum absolute atomic E-state index is 12.2. The van der Waals surface area contributed by atoms with Gasteiger partial charge in [0.2, 0.25) is 5.91 Å². The maximum atomic E-state index is 12.2. The minimum Gasteiger partial charge on any atom is -0.376 e. The molecule has 6 heteroatoms. The van der Waals surface area contributed by atoms with Crippen LogP contribution in [0, 0.1) is 6.92 Å². The molecule has 2 aliphatic rings. The molecular weight excluding hydrogens is 304 g/mol. The van der Waals surface area contributed by atoms with Crippen molar-refractivity contribution >= 4 is 11.7 Å². The molecule has 1 N–H and O–H groups in total. The van der Waals surface area contributed by atoms with E-state index in [-0.39, 0.29) is 12.0 Å². The molecule has 24 heavy (non-hydrogen) atoms. The number of nitrogens with one attached hydrogen (secondary N) is 1. The summed E-state index contributed by atoms with van der Waals surface area (Å²) in [6.45, 7) is 8.80. The van der Waals surface area contributed by atoms with Gasteiger partial charge in [-0.05, 0) is 38.8 Å². The number of hydrogen-bond donors (Lipinski definition) is 1. The molecule has 2 fully saturated rings. The van der Waals surface area contributed by atoms with Crippen molar-refractivity contribution in [3.63, 3.8) is 0 Å². The molecule has 2 aliphatic heterocycles. The second-order valence-corrected chi connectivity index (χ2v) is 6.84. The highest BCUT2D eigenvalue weighted by molar-refractivity contribution is 5.78. The first-order valence-corrected chi connectivity index (χ1v) is 8.93. The van der Waals surface area contributed by atoms with Crippen LogP contribution < -0.4 is 10.2 Å². The van der Waals surface area contributed by atoms with Gasteiger partial charge in [0.25, 0.3) is 0 Å². The van der Waals surface area contributed by atoms with Gasteiger partial charge in [-0.2, -0.15) is 0 Å². The topological polar surface area (TPSA) is 57.7 Å². The molecule has 2 atom stereocenters. The molecule has 0 bridgehead atoms. The van der Waals surface area contributed by atoms with Gasteiger partial charge in [-0.1, -0.05) is 6.07 Å². The molecule has 0 saturated carbocycles. The van der Waals surface area contributed by atoms with Gasteiger partial charge in [0, 0.05) is 44.5 Å². The van der Waals surface area contributed by atoms with Crippen molar-refractivity contribution in [1.82, 2.24) is 15.2 Å². The number of pyridine rings is 1.